The molecule has 1 aromatic carbocycles. The summed E-state index contributed by atoms with van der Waals surface area (Å²) < 4.78 is 0. The third kappa shape index (κ3) is 1.46. The lowest BCUT2D eigenvalue weighted by Gasteiger charge is -1.95. The van der Waals surface area contributed by atoms with Crippen molar-refractivity contribution in [2.24, 2.45) is 5.11 Å². The van der Waals surface area contributed by atoms with Crippen LogP contribution >= 0.6 is 0 Å². The van der Waals surface area contributed by atoms with Crippen molar-refractivity contribution >= 4 is 5.69 Å². The number of aromatic amines is 1. The van der Waals surface area contributed by atoms with Crippen LogP contribution in [0, 0.1) is 5.53 Å². The van der Waals surface area contributed by atoms with Crippen LogP contribution in [0.5, 0.6) is 0 Å². The van der Waals surface area contributed by atoms with Crippen LogP contribution in [0.3, 0.4) is 0 Å². The second kappa shape index (κ2) is 3.18. The lowest BCUT2D eigenvalue weighted by molar-refractivity contribution is 1.15. The first-order chi connectivity index (χ1) is 6.40. The van der Waals surface area contributed by atoms with E-state index in [-0.39, 0.29) is 0 Å². The van der Waals surface area contributed by atoms with Crippen LogP contribution in [0.2, 0.25) is 0 Å². The summed E-state index contributed by atoms with van der Waals surface area (Å²) >= 11 is 0. The van der Waals surface area contributed by atoms with Crippen LogP contribution in [0.1, 0.15) is 0 Å². The molecule has 2 rings (SSSR count). The molecule has 0 saturated heterocycles. The van der Waals surface area contributed by atoms with Crippen LogP contribution < -0.4 is 0 Å². The molecule has 0 atom stereocenters. The van der Waals surface area contributed by atoms with Crippen LogP contribution in [0.15, 0.2) is 41.8 Å². The number of benzene rings is 1. The van der Waals surface area contributed by atoms with Crippen LogP contribution in [0.25, 0.3) is 11.4 Å². The third-order valence-corrected chi connectivity index (χ3v) is 1.77. The number of hydrogen-bond acceptors (Lipinski definition) is 3. The molecule has 0 radical (unpaired) electrons. The molecule has 0 spiro atoms. The fourth-order valence-corrected chi connectivity index (χ4v) is 1.12. The molecule has 0 unspecified atom stereocenters. The van der Waals surface area contributed by atoms with Crippen LogP contribution in [-0.4, -0.2) is 9.97 Å². The average Bonchev–Trinajstić information content (AvgIpc) is 2.71. The lowest BCUT2D eigenvalue weighted by Crippen LogP contribution is -1.78. The predicted molar refractivity (Wildman–Crippen MR) is 48.8 cm³/mol. The van der Waals surface area contributed by atoms with Gasteiger partial charge in [-0.1, -0.05) is 0 Å². The molecule has 64 valence electrons. The maximum Gasteiger partial charge on any atom is 0.137 e. The molecule has 0 saturated carbocycles. The van der Waals surface area contributed by atoms with Crippen molar-refractivity contribution in [3.05, 3.63) is 36.7 Å². The standard InChI is InChI=1S/C9H8N4/c10-13-8-3-1-7(2-4-8)9-11-5-6-12-9/h1-6,10H,(H,11,12). The fraction of sp³-hybridized carbons (Fsp3) is 0. The van der Waals surface area contributed by atoms with Gasteiger partial charge in [0.1, 0.15) is 5.82 Å². The fourth-order valence-electron chi connectivity index (χ4n) is 1.12. The number of imidazole rings is 1. The molecule has 2 N–H and O–H groups in total. The van der Waals surface area contributed by atoms with Crippen LogP contribution in [0.4, 0.5) is 5.69 Å². The first-order valence-corrected chi connectivity index (χ1v) is 3.87. The Hall–Kier alpha value is -1.97. The molecule has 0 amide bonds. The van der Waals surface area contributed by atoms with Gasteiger partial charge in [0.05, 0.1) is 5.69 Å². The molecule has 2 aromatic rings. The molecular weight excluding hydrogens is 164 g/mol. The van der Waals surface area contributed by atoms with E-state index in [9.17, 15) is 0 Å². The highest BCUT2D eigenvalue weighted by Crippen LogP contribution is 2.18. The van der Waals surface area contributed by atoms with Gasteiger partial charge in [-0.25, -0.2) is 10.5 Å². The van der Waals surface area contributed by atoms with E-state index in [0.717, 1.165) is 11.4 Å². The average molecular weight is 172 g/mol. The van der Waals surface area contributed by atoms with Gasteiger partial charge >= 0.3 is 0 Å². The van der Waals surface area contributed by atoms with Gasteiger partial charge < -0.3 is 4.98 Å². The monoisotopic (exact) mass is 172 g/mol. The van der Waals surface area contributed by atoms with Crippen molar-refractivity contribution in [1.82, 2.24) is 9.97 Å². The summed E-state index contributed by atoms with van der Waals surface area (Å²) in [4.78, 5) is 7.11. The minimum absolute atomic E-state index is 0.648. The summed E-state index contributed by atoms with van der Waals surface area (Å²) in [5, 5.41) is 3.31. The molecule has 1 aromatic heterocycles. The molecule has 0 aliphatic heterocycles. The predicted octanol–water partition coefficient (Wildman–Crippen LogP) is 2.74. The zero-order valence-electron chi connectivity index (χ0n) is 6.86. The van der Waals surface area contributed by atoms with Gasteiger partial charge in [0, 0.05) is 18.0 Å². The third-order valence-electron chi connectivity index (χ3n) is 1.77. The van der Waals surface area contributed by atoms with Gasteiger partial charge in [0.2, 0.25) is 0 Å². The van der Waals surface area contributed by atoms with Crippen molar-refractivity contribution in [2.75, 3.05) is 0 Å². The highest BCUT2D eigenvalue weighted by Gasteiger charge is 1.98. The van der Waals surface area contributed by atoms with E-state index in [4.69, 9.17) is 5.53 Å². The Kier molecular flexibility index (Phi) is 1.88. The van der Waals surface area contributed by atoms with E-state index >= 15 is 0 Å². The smallest absolute Gasteiger partial charge is 0.137 e. The minimum atomic E-state index is 0.648. The summed E-state index contributed by atoms with van der Waals surface area (Å²) in [5.74, 6) is 0.830. The van der Waals surface area contributed by atoms with Gasteiger partial charge in [-0.15, -0.1) is 0 Å². The van der Waals surface area contributed by atoms with Gasteiger partial charge in [0.15, 0.2) is 0 Å². The number of H-pyrrole nitrogens is 1. The maximum atomic E-state index is 6.79. The summed E-state index contributed by atoms with van der Waals surface area (Å²) in [6.07, 6.45) is 3.48. The molecule has 0 fully saturated rings. The first-order valence-electron chi connectivity index (χ1n) is 3.87. The highest BCUT2D eigenvalue weighted by molar-refractivity contribution is 5.57. The number of aromatic nitrogens is 2. The summed E-state index contributed by atoms with van der Waals surface area (Å²) in [6.45, 7) is 0. The molecule has 0 bridgehead atoms. The van der Waals surface area contributed by atoms with Crippen molar-refractivity contribution < 1.29 is 0 Å². The Morgan fingerprint density at radius 2 is 2.00 bits per heavy atom. The van der Waals surface area contributed by atoms with Gasteiger partial charge in [0.25, 0.3) is 0 Å². The van der Waals surface area contributed by atoms with Crippen molar-refractivity contribution in [1.29, 1.82) is 5.53 Å². The normalized spacial score (nSPS) is 9.85. The minimum Gasteiger partial charge on any atom is -0.345 e. The number of rotatable bonds is 2. The SMILES string of the molecule is N=Nc1ccc(-c2ncc[nH]2)cc1. The molecule has 4 heteroatoms. The van der Waals surface area contributed by atoms with E-state index in [0.29, 0.717) is 5.69 Å². The zero-order chi connectivity index (χ0) is 9.10. The molecule has 4 nitrogen and oxygen atoms in total. The maximum absolute atomic E-state index is 6.79. The van der Waals surface area contributed by atoms with Crippen molar-refractivity contribution in [3.8, 4) is 11.4 Å². The molecule has 0 aliphatic rings. The Bertz CT molecular complexity index is 388. The van der Waals surface area contributed by atoms with E-state index in [2.05, 4.69) is 15.1 Å². The number of nitrogens with one attached hydrogen (secondary N) is 2. The number of nitrogens with zero attached hydrogens (tertiary/aromatic N) is 2. The molecule has 1 heterocycles. The Labute approximate surface area is 75.2 Å². The summed E-state index contributed by atoms with van der Waals surface area (Å²) in [5.41, 5.74) is 8.44. The Morgan fingerprint density at radius 1 is 1.23 bits per heavy atom. The Morgan fingerprint density at radius 3 is 2.54 bits per heavy atom. The van der Waals surface area contributed by atoms with E-state index in [1.165, 1.54) is 0 Å². The lowest BCUT2D eigenvalue weighted by atomic mass is 10.2. The Balaban J connectivity index is 2.38. The van der Waals surface area contributed by atoms with Gasteiger partial charge in [-0.05, 0) is 24.3 Å². The molecule has 0 aliphatic carbocycles. The quantitative estimate of drug-likeness (QED) is 0.672. The topological polar surface area (TPSA) is 64.9 Å². The molecule has 13 heavy (non-hydrogen) atoms. The van der Waals surface area contributed by atoms with Gasteiger partial charge in [-0.2, -0.15) is 5.11 Å². The highest BCUT2D eigenvalue weighted by atomic mass is 15.0. The van der Waals surface area contributed by atoms with E-state index < -0.39 is 0 Å². The molecular formula is C9H8N4. The van der Waals surface area contributed by atoms with Crippen LogP contribution in [-0.2, 0) is 0 Å². The first kappa shape index (κ1) is 7.67. The second-order valence-electron chi connectivity index (χ2n) is 2.60. The van der Waals surface area contributed by atoms with E-state index in [1.54, 1.807) is 24.5 Å². The summed E-state index contributed by atoms with van der Waals surface area (Å²) in [7, 11) is 0. The van der Waals surface area contributed by atoms with Crippen molar-refractivity contribution in [2.45, 2.75) is 0 Å². The number of hydrogen-bond donors (Lipinski definition) is 2. The largest absolute Gasteiger partial charge is 0.345 e. The second-order valence-corrected chi connectivity index (χ2v) is 2.60. The van der Waals surface area contributed by atoms with Crippen molar-refractivity contribution in [3.63, 3.8) is 0 Å². The van der Waals surface area contributed by atoms with E-state index in [1.807, 2.05) is 12.1 Å². The zero-order valence-corrected chi connectivity index (χ0v) is 6.86. The van der Waals surface area contributed by atoms with Gasteiger partial charge in [-0.3, -0.25) is 0 Å². The summed E-state index contributed by atoms with van der Waals surface area (Å²) in [6, 6.07) is 7.33.